The van der Waals surface area contributed by atoms with Gasteiger partial charge in [-0.05, 0) is 55.3 Å². The molecule has 0 aliphatic heterocycles. The van der Waals surface area contributed by atoms with Crippen LogP contribution >= 0.6 is 22.9 Å². The van der Waals surface area contributed by atoms with E-state index in [4.69, 9.17) is 11.6 Å². The second-order valence-electron chi connectivity index (χ2n) is 8.27. The van der Waals surface area contributed by atoms with Crippen LogP contribution in [0.3, 0.4) is 0 Å². The van der Waals surface area contributed by atoms with Crippen molar-refractivity contribution >= 4 is 62.0 Å². The Hall–Kier alpha value is -3.53. The van der Waals surface area contributed by atoms with Gasteiger partial charge in [0.05, 0.1) is 11.7 Å². The number of amides is 1. The van der Waals surface area contributed by atoms with Crippen LogP contribution in [0.1, 0.15) is 33.0 Å². The minimum absolute atomic E-state index is 0.139. The van der Waals surface area contributed by atoms with E-state index in [1.807, 2.05) is 31.3 Å². The number of carbonyl (C=O) groups excluding carboxylic acids is 2. The van der Waals surface area contributed by atoms with Gasteiger partial charge in [-0.1, -0.05) is 35.1 Å². The largest absolute Gasteiger partial charge is 0.332 e. The van der Waals surface area contributed by atoms with Gasteiger partial charge in [0.2, 0.25) is 5.78 Å². The highest BCUT2D eigenvalue weighted by Gasteiger charge is 2.19. The summed E-state index contributed by atoms with van der Waals surface area (Å²) in [5.74, 6) is -0.407. The number of nitrogens with zero attached hydrogens (tertiary/aromatic N) is 3. The van der Waals surface area contributed by atoms with E-state index in [1.54, 1.807) is 35.0 Å². The Morgan fingerprint density at radius 3 is 2.86 bits per heavy atom. The SMILES string of the molecule is Cn1nc(C(=O)/C=C/CNC2CC2)c2cc(Nc3ncc(C(=O)Nc4cccc(Cl)c4)s3)ccc21. The third kappa shape index (κ3) is 5.59. The van der Waals surface area contributed by atoms with Crippen LogP contribution in [0.15, 0.2) is 60.8 Å². The molecular weight excluding hydrogens is 484 g/mol. The summed E-state index contributed by atoms with van der Waals surface area (Å²) in [5.41, 5.74) is 2.61. The molecule has 4 aromatic rings. The monoisotopic (exact) mass is 506 g/mol. The van der Waals surface area contributed by atoms with E-state index < -0.39 is 0 Å². The van der Waals surface area contributed by atoms with Crippen molar-refractivity contribution in [3.63, 3.8) is 0 Å². The van der Waals surface area contributed by atoms with Gasteiger partial charge >= 0.3 is 0 Å². The molecule has 2 heterocycles. The number of carbonyl (C=O) groups is 2. The van der Waals surface area contributed by atoms with Gasteiger partial charge in [-0.25, -0.2) is 4.98 Å². The molecule has 2 aromatic heterocycles. The van der Waals surface area contributed by atoms with Gasteiger partial charge in [0, 0.05) is 41.4 Å². The summed E-state index contributed by atoms with van der Waals surface area (Å²) in [6.45, 7) is 0.672. The molecule has 2 aromatic carbocycles. The van der Waals surface area contributed by atoms with Crippen LogP contribution < -0.4 is 16.0 Å². The fourth-order valence-corrected chi connectivity index (χ4v) is 4.53. The predicted molar refractivity (Wildman–Crippen MR) is 140 cm³/mol. The molecule has 1 saturated carbocycles. The first-order valence-corrected chi connectivity index (χ1v) is 12.4. The molecule has 1 fully saturated rings. The van der Waals surface area contributed by atoms with Crippen LogP contribution in [0, 0.1) is 0 Å². The summed E-state index contributed by atoms with van der Waals surface area (Å²) in [6.07, 6.45) is 7.34. The first-order valence-electron chi connectivity index (χ1n) is 11.2. The lowest BCUT2D eigenvalue weighted by atomic mass is 10.1. The maximum Gasteiger partial charge on any atom is 0.267 e. The Bertz CT molecular complexity index is 1440. The highest BCUT2D eigenvalue weighted by Crippen LogP contribution is 2.28. The quantitative estimate of drug-likeness (QED) is 0.214. The average Bonchev–Trinajstić information content (AvgIpc) is 3.45. The number of aryl methyl sites for hydroxylation is 1. The van der Waals surface area contributed by atoms with E-state index in [1.165, 1.54) is 30.4 Å². The number of aromatic nitrogens is 3. The molecule has 0 atom stereocenters. The molecule has 0 saturated heterocycles. The molecule has 178 valence electrons. The number of ketones is 1. The van der Waals surface area contributed by atoms with Crippen LogP contribution in [-0.2, 0) is 7.05 Å². The third-order valence-corrected chi connectivity index (χ3v) is 6.66. The summed E-state index contributed by atoms with van der Waals surface area (Å²) >= 11 is 7.21. The molecule has 10 heteroatoms. The van der Waals surface area contributed by atoms with Crippen molar-refractivity contribution in [2.75, 3.05) is 17.2 Å². The minimum Gasteiger partial charge on any atom is -0.332 e. The smallest absolute Gasteiger partial charge is 0.267 e. The Labute approximate surface area is 211 Å². The Morgan fingerprint density at radius 1 is 1.20 bits per heavy atom. The fourth-order valence-electron chi connectivity index (χ4n) is 3.61. The molecule has 0 unspecified atom stereocenters. The van der Waals surface area contributed by atoms with E-state index in [-0.39, 0.29) is 11.7 Å². The number of thiazole rings is 1. The summed E-state index contributed by atoms with van der Waals surface area (Å²) < 4.78 is 1.70. The second-order valence-corrected chi connectivity index (χ2v) is 9.74. The zero-order valence-electron chi connectivity index (χ0n) is 18.9. The molecule has 35 heavy (non-hydrogen) atoms. The average molecular weight is 507 g/mol. The van der Waals surface area contributed by atoms with Gasteiger partial charge in [-0.3, -0.25) is 14.3 Å². The lowest BCUT2D eigenvalue weighted by Crippen LogP contribution is -2.15. The van der Waals surface area contributed by atoms with Gasteiger partial charge in [-0.15, -0.1) is 0 Å². The number of halogens is 1. The number of rotatable bonds is 9. The van der Waals surface area contributed by atoms with Crippen molar-refractivity contribution < 1.29 is 9.59 Å². The van der Waals surface area contributed by atoms with Crippen LogP contribution in [0.25, 0.3) is 10.9 Å². The molecule has 8 nitrogen and oxygen atoms in total. The lowest BCUT2D eigenvalue weighted by molar-refractivity contribution is 0.102. The molecular formula is C25H23ClN6O2S. The first kappa shape index (κ1) is 23.2. The van der Waals surface area contributed by atoms with Gasteiger partial charge in [0.25, 0.3) is 5.91 Å². The summed E-state index contributed by atoms with van der Waals surface area (Å²) in [7, 11) is 1.82. The number of fused-ring (bicyclic) bond motifs is 1. The summed E-state index contributed by atoms with van der Waals surface area (Å²) in [4.78, 5) is 30.1. The van der Waals surface area contributed by atoms with Crippen molar-refractivity contribution in [2.45, 2.75) is 18.9 Å². The van der Waals surface area contributed by atoms with Crippen LogP contribution in [0.2, 0.25) is 5.02 Å². The minimum atomic E-state index is -0.267. The molecule has 0 bridgehead atoms. The van der Waals surface area contributed by atoms with Gasteiger partial charge in [0.1, 0.15) is 10.6 Å². The zero-order chi connectivity index (χ0) is 24.4. The van der Waals surface area contributed by atoms with Crippen LogP contribution in [-0.4, -0.2) is 39.0 Å². The molecule has 3 N–H and O–H groups in total. The Balaban J connectivity index is 1.29. The molecule has 1 aliphatic rings. The Morgan fingerprint density at radius 2 is 2.06 bits per heavy atom. The van der Waals surface area contributed by atoms with Gasteiger partial charge in [-0.2, -0.15) is 5.10 Å². The fraction of sp³-hybridized carbons (Fsp3) is 0.200. The van der Waals surface area contributed by atoms with Gasteiger partial charge in [0.15, 0.2) is 5.13 Å². The number of anilines is 3. The lowest BCUT2D eigenvalue weighted by Gasteiger charge is -2.04. The van der Waals surface area contributed by atoms with Crippen molar-refractivity contribution in [1.29, 1.82) is 0 Å². The predicted octanol–water partition coefficient (Wildman–Crippen LogP) is 5.17. The van der Waals surface area contributed by atoms with E-state index in [9.17, 15) is 9.59 Å². The number of hydrogen-bond acceptors (Lipinski definition) is 7. The molecule has 0 radical (unpaired) electrons. The number of hydrogen-bond donors (Lipinski definition) is 3. The second kappa shape index (κ2) is 9.99. The third-order valence-electron chi connectivity index (χ3n) is 5.52. The van der Waals surface area contributed by atoms with Crippen molar-refractivity contribution in [3.05, 3.63) is 76.4 Å². The van der Waals surface area contributed by atoms with E-state index in [2.05, 4.69) is 26.0 Å². The maximum atomic E-state index is 12.8. The van der Waals surface area contributed by atoms with Crippen LogP contribution in [0.4, 0.5) is 16.5 Å². The summed E-state index contributed by atoms with van der Waals surface area (Å²) in [6, 6.07) is 13.2. The normalized spacial score (nSPS) is 13.4. The van der Waals surface area contributed by atoms with E-state index in [0.29, 0.717) is 39.0 Å². The highest BCUT2D eigenvalue weighted by atomic mass is 35.5. The number of allylic oxidation sites excluding steroid dienone is 1. The molecule has 1 amide bonds. The van der Waals surface area contributed by atoms with Crippen molar-refractivity contribution in [2.24, 2.45) is 7.05 Å². The Kier molecular flexibility index (Phi) is 6.63. The maximum absolute atomic E-state index is 12.8. The first-order chi connectivity index (χ1) is 17.0. The standard InChI is InChI=1S/C25H23ClN6O2S/c1-32-20-10-9-18(13-19(20)23(31-32)21(33)6-3-11-27-16-7-8-16)30-25-28-14-22(35-25)24(34)29-17-5-2-4-15(26)12-17/h2-6,9-10,12-14,16,27H,7-8,11H2,1H3,(H,28,30)(H,29,34)/b6-3+. The molecule has 5 rings (SSSR count). The van der Waals surface area contributed by atoms with Gasteiger partial charge < -0.3 is 16.0 Å². The van der Waals surface area contributed by atoms with E-state index in [0.717, 1.165) is 16.6 Å². The topological polar surface area (TPSA) is 101 Å². The summed E-state index contributed by atoms with van der Waals surface area (Å²) in [5, 5.41) is 15.7. The zero-order valence-corrected chi connectivity index (χ0v) is 20.5. The number of benzene rings is 2. The van der Waals surface area contributed by atoms with Crippen molar-refractivity contribution in [3.8, 4) is 0 Å². The highest BCUT2D eigenvalue weighted by molar-refractivity contribution is 7.17. The molecule has 1 aliphatic carbocycles. The van der Waals surface area contributed by atoms with Crippen LogP contribution in [0.5, 0.6) is 0 Å². The molecule has 0 spiro atoms. The number of nitrogens with one attached hydrogen (secondary N) is 3. The van der Waals surface area contributed by atoms with E-state index >= 15 is 0 Å². The van der Waals surface area contributed by atoms with Crippen molar-refractivity contribution in [1.82, 2.24) is 20.1 Å².